The van der Waals surface area contributed by atoms with Gasteiger partial charge in [0, 0.05) is 31.5 Å². The van der Waals surface area contributed by atoms with Gasteiger partial charge in [-0.2, -0.15) is 0 Å². The van der Waals surface area contributed by atoms with Crippen molar-refractivity contribution in [2.75, 3.05) is 0 Å². The van der Waals surface area contributed by atoms with Crippen molar-refractivity contribution < 1.29 is 4.79 Å². The molecule has 0 aliphatic heterocycles. The van der Waals surface area contributed by atoms with Gasteiger partial charge in [-0.15, -0.1) is 0 Å². The van der Waals surface area contributed by atoms with E-state index in [0.717, 1.165) is 28.0 Å². The van der Waals surface area contributed by atoms with E-state index in [4.69, 9.17) is 4.98 Å². The predicted molar refractivity (Wildman–Crippen MR) is 124 cm³/mol. The van der Waals surface area contributed by atoms with Crippen molar-refractivity contribution in [2.45, 2.75) is 12.6 Å². The Kier molecular flexibility index (Phi) is 5.25. The highest BCUT2D eigenvalue weighted by Gasteiger charge is 2.23. The van der Waals surface area contributed by atoms with Crippen molar-refractivity contribution in [2.24, 2.45) is 7.05 Å². The lowest BCUT2D eigenvalue weighted by molar-refractivity contribution is 0.0941. The van der Waals surface area contributed by atoms with Gasteiger partial charge in [-0.25, -0.2) is 9.97 Å². The predicted octanol–water partition coefficient (Wildman–Crippen LogP) is 4.34. The molecule has 32 heavy (non-hydrogen) atoms. The normalized spacial score (nSPS) is 12.0. The summed E-state index contributed by atoms with van der Waals surface area (Å²) in [7, 11) is 1.98. The third kappa shape index (κ3) is 3.90. The van der Waals surface area contributed by atoms with Crippen LogP contribution >= 0.6 is 0 Å². The molecule has 0 saturated heterocycles. The summed E-state index contributed by atoms with van der Waals surface area (Å²) >= 11 is 0. The lowest BCUT2D eigenvalue weighted by Gasteiger charge is -2.19. The Balaban J connectivity index is 1.44. The van der Waals surface area contributed by atoms with Gasteiger partial charge >= 0.3 is 0 Å². The standard InChI is InChI=1S/C26H23N5O/c1-30-23-10-6-5-9-22(23)28-25(30)24(20-7-3-2-4-8-20)29-26(32)21-13-11-19(12-14-21)17-31-16-15-27-18-31/h2-16,18,24H,17H2,1H3,(H,29,32). The van der Waals surface area contributed by atoms with Crippen LogP contribution in [0.2, 0.25) is 0 Å². The fourth-order valence-electron chi connectivity index (χ4n) is 3.93. The number of nitrogens with zero attached hydrogens (tertiary/aromatic N) is 4. The SMILES string of the molecule is Cn1c(C(NC(=O)c2ccc(Cn3ccnc3)cc2)c2ccccc2)nc2ccccc21. The Bertz CT molecular complexity index is 1340. The van der Waals surface area contributed by atoms with Crippen LogP contribution in [0, 0.1) is 0 Å². The van der Waals surface area contributed by atoms with E-state index < -0.39 is 0 Å². The summed E-state index contributed by atoms with van der Waals surface area (Å²) < 4.78 is 4.04. The molecule has 1 amide bonds. The first-order valence-electron chi connectivity index (χ1n) is 10.5. The van der Waals surface area contributed by atoms with E-state index >= 15 is 0 Å². The molecule has 5 aromatic rings. The molecule has 1 atom stereocenters. The quantitative estimate of drug-likeness (QED) is 0.444. The topological polar surface area (TPSA) is 64.7 Å². The molecule has 5 rings (SSSR count). The van der Waals surface area contributed by atoms with Gasteiger partial charge in [-0.05, 0) is 35.4 Å². The Morgan fingerprint density at radius 1 is 0.969 bits per heavy atom. The first kappa shape index (κ1) is 19.8. The summed E-state index contributed by atoms with van der Waals surface area (Å²) in [5.41, 5.74) is 4.63. The summed E-state index contributed by atoms with van der Waals surface area (Å²) in [5.74, 6) is 0.655. The number of aromatic nitrogens is 4. The number of benzene rings is 3. The van der Waals surface area contributed by atoms with Crippen molar-refractivity contribution in [3.8, 4) is 0 Å². The minimum Gasteiger partial charge on any atom is -0.338 e. The second kappa shape index (κ2) is 8.51. The van der Waals surface area contributed by atoms with Crippen molar-refractivity contribution in [1.82, 2.24) is 24.4 Å². The van der Waals surface area contributed by atoms with Crippen molar-refractivity contribution >= 4 is 16.9 Å². The number of carbonyl (C=O) groups is 1. The van der Waals surface area contributed by atoms with Crippen LogP contribution in [0.4, 0.5) is 0 Å². The Hall–Kier alpha value is -4.19. The molecule has 3 aromatic carbocycles. The Morgan fingerprint density at radius 2 is 1.72 bits per heavy atom. The molecule has 0 spiro atoms. The molecule has 0 fully saturated rings. The zero-order chi connectivity index (χ0) is 21.9. The largest absolute Gasteiger partial charge is 0.338 e. The fraction of sp³-hybridized carbons (Fsp3) is 0.115. The maximum absolute atomic E-state index is 13.2. The molecule has 6 heteroatoms. The highest BCUT2D eigenvalue weighted by molar-refractivity contribution is 5.94. The zero-order valence-electron chi connectivity index (χ0n) is 17.7. The number of hydrogen-bond acceptors (Lipinski definition) is 3. The van der Waals surface area contributed by atoms with Gasteiger partial charge in [0.1, 0.15) is 11.9 Å². The van der Waals surface area contributed by atoms with Crippen LogP contribution < -0.4 is 5.32 Å². The minimum absolute atomic E-state index is 0.139. The summed E-state index contributed by atoms with van der Waals surface area (Å²) in [6.45, 7) is 0.717. The molecular formula is C26H23N5O. The van der Waals surface area contributed by atoms with Gasteiger partial charge in [-0.1, -0.05) is 54.6 Å². The second-order valence-corrected chi connectivity index (χ2v) is 7.77. The molecule has 2 aromatic heterocycles. The van der Waals surface area contributed by atoms with Crippen molar-refractivity contribution in [1.29, 1.82) is 0 Å². The van der Waals surface area contributed by atoms with Gasteiger partial charge < -0.3 is 14.5 Å². The highest BCUT2D eigenvalue weighted by Crippen LogP contribution is 2.25. The van der Waals surface area contributed by atoms with E-state index in [1.165, 1.54) is 0 Å². The van der Waals surface area contributed by atoms with E-state index in [0.29, 0.717) is 12.1 Å². The molecule has 0 aliphatic rings. The number of amides is 1. The van der Waals surface area contributed by atoms with Gasteiger partial charge in [-0.3, -0.25) is 4.79 Å². The number of carbonyl (C=O) groups excluding carboxylic acids is 1. The van der Waals surface area contributed by atoms with E-state index in [9.17, 15) is 4.79 Å². The van der Waals surface area contributed by atoms with Crippen LogP contribution in [-0.2, 0) is 13.6 Å². The number of imidazole rings is 2. The van der Waals surface area contributed by atoms with Gasteiger partial charge in [0.05, 0.1) is 17.4 Å². The summed E-state index contributed by atoms with van der Waals surface area (Å²) in [6, 6.07) is 25.2. The molecule has 0 radical (unpaired) electrons. The van der Waals surface area contributed by atoms with Crippen LogP contribution in [0.5, 0.6) is 0 Å². The fourth-order valence-corrected chi connectivity index (χ4v) is 3.93. The number of nitrogens with one attached hydrogen (secondary N) is 1. The number of fused-ring (bicyclic) bond motifs is 1. The highest BCUT2D eigenvalue weighted by atomic mass is 16.1. The van der Waals surface area contributed by atoms with Crippen molar-refractivity contribution in [3.63, 3.8) is 0 Å². The molecule has 1 N–H and O–H groups in total. The lowest BCUT2D eigenvalue weighted by Crippen LogP contribution is -2.31. The Labute approximate surface area is 186 Å². The van der Waals surface area contributed by atoms with Crippen LogP contribution in [0.3, 0.4) is 0 Å². The number of para-hydroxylation sites is 2. The minimum atomic E-state index is -0.369. The zero-order valence-corrected chi connectivity index (χ0v) is 17.7. The van der Waals surface area contributed by atoms with E-state index in [1.807, 2.05) is 101 Å². The van der Waals surface area contributed by atoms with E-state index in [2.05, 4.69) is 10.3 Å². The van der Waals surface area contributed by atoms with Gasteiger partial charge in [0.15, 0.2) is 0 Å². The first-order chi connectivity index (χ1) is 15.7. The molecule has 0 saturated carbocycles. The maximum Gasteiger partial charge on any atom is 0.252 e. The molecule has 2 heterocycles. The number of rotatable bonds is 6. The maximum atomic E-state index is 13.2. The second-order valence-electron chi connectivity index (χ2n) is 7.77. The van der Waals surface area contributed by atoms with Crippen LogP contribution in [0.15, 0.2) is 97.6 Å². The number of aryl methyl sites for hydroxylation is 1. The third-order valence-electron chi connectivity index (χ3n) is 5.63. The van der Waals surface area contributed by atoms with E-state index in [1.54, 1.807) is 12.5 Å². The van der Waals surface area contributed by atoms with Gasteiger partial charge in [0.25, 0.3) is 5.91 Å². The summed E-state index contributed by atoms with van der Waals surface area (Å²) in [5, 5.41) is 3.20. The Morgan fingerprint density at radius 3 is 2.44 bits per heavy atom. The molecule has 6 nitrogen and oxygen atoms in total. The van der Waals surface area contributed by atoms with Crippen LogP contribution in [0.1, 0.15) is 33.4 Å². The average molecular weight is 422 g/mol. The van der Waals surface area contributed by atoms with Gasteiger partial charge in [0.2, 0.25) is 0 Å². The summed E-state index contributed by atoms with van der Waals surface area (Å²) in [6.07, 6.45) is 5.45. The van der Waals surface area contributed by atoms with E-state index in [-0.39, 0.29) is 11.9 Å². The molecule has 158 valence electrons. The van der Waals surface area contributed by atoms with Crippen LogP contribution in [-0.4, -0.2) is 25.0 Å². The molecular weight excluding hydrogens is 398 g/mol. The molecule has 0 bridgehead atoms. The number of hydrogen-bond donors (Lipinski definition) is 1. The third-order valence-corrected chi connectivity index (χ3v) is 5.63. The first-order valence-corrected chi connectivity index (χ1v) is 10.5. The smallest absolute Gasteiger partial charge is 0.252 e. The lowest BCUT2D eigenvalue weighted by atomic mass is 10.0. The average Bonchev–Trinajstić information content (AvgIpc) is 3.46. The molecule has 1 unspecified atom stereocenters. The molecule has 0 aliphatic carbocycles. The monoisotopic (exact) mass is 421 g/mol. The van der Waals surface area contributed by atoms with Crippen LogP contribution in [0.25, 0.3) is 11.0 Å². The van der Waals surface area contributed by atoms with Crippen molar-refractivity contribution in [3.05, 3.63) is 120 Å². The summed E-state index contributed by atoms with van der Waals surface area (Å²) in [4.78, 5) is 22.1.